The molecule has 0 aliphatic heterocycles. The summed E-state index contributed by atoms with van der Waals surface area (Å²) in [7, 11) is 0. The van der Waals surface area contributed by atoms with E-state index in [0.717, 1.165) is 40.0 Å². The van der Waals surface area contributed by atoms with Gasteiger partial charge in [-0.05, 0) is 43.4 Å². The fourth-order valence-corrected chi connectivity index (χ4v) is 3.80. The Kier molecular flexibility index (Phi) is 4.59. The number of anilines is 1. The van der Waals surface area contributed by atoms with E-state index in [1.165, 1.54) is 11.1 Å². The van der Waals surface area contributed by atoms with Gasteiger partial charge in [-0.1, -0.05) is 18.2 Å². The van der Waals surface area contributed by atoms with Crippen molar-refractivity contribution in [2.24, 2.45) is 5.92 Å². The van der Waals surface area contributed by atoms with Crippen LogP contribution in [0.1, 0.15) is 24.0 Å². The number of carbonyl (C=O) groups excluding carboxylic acids is 1. The van der Waals surface area contributed by atoms with Crippen molar-refractivity contribution in [1.82, 2.24) is 9.97 Å². The molecule has 1 fully saturated rings. The Hall–Kier alpha value is -2.47. The van der Waals surface area contributed by atoms with E-state index in [4.69, 9.17) is 4.74 Å². The number of hydrogen-bond donors (Lipinski definition) is 1. The second kappa shape index (κ2) is 7.03. The number of fused-ring (bicyclic) bond motifs is 1. The predicted octanol–water partition coefficient (Wildman–Crippen LogP) is 4.34. The molecule has 134 valence electrons. The molecule has 0 amide bonds. The smallest absolute Gasteiger partial charge is 0.308 e. The van der Waals surface area contributed by atoms with Crippen LogP contribution in [0.5, 0.6) is 0 Å². The average molecular weight is 367 g/mol. The standard InChI is InChI=1S/C20H21N3O2S/c1-12-3-4-15(9-13(12)2)16-10-26-19-17(16)18(22-11-23-19)21-7-8-25-20(24)14-5-6-14/h3-4,9-11,14H,5-8H2,1-2H3,(H,21,22,23). The second-order valence-corrected chi connectivity index (χ2v) is 7.58. The van der Waals surface area contributed by atoms with Crippen LogP contribution < -0.4 is 5.32 Å². The summed E-state index contributed by atoms with van der Waals surface area (Å²) in [5.74, 6) is 0.840. The molecule has 26 heavy (non-hydrogen) atoms. The maximum absolute atomic E-state index is 11.6. The molecule has 4 rings (SSSR count). The number of esters is 1. The molecule has 0 radical (unpaired) electrons. The van der Waals surface area contributed by atoms with Gasteiger partial charge in [0, 0.05) is 10.9 Å². The fourth-order valence-electron chi connectivity index (χ4n) is 2.89. The van der Waals surface area contributed by atoms with Gasteiger partial charge < -0.3 is 10.1 Å². The SMILES string of the molecule is Cc1ccc(-c2csc3ncnc(NCCOC(=O)C4CC4)c23)cc1C. The minimum absolute atomic E-state index is 0.0778. The first-order chi connectivity index (χ1) is 12.6. The van der Waals surface area contributed by atoms with Crippen molar-refractivity contribution >= 4 is 33.3 Å². The number of nitrogens with zero attached hydrogens (tertiary/aromatic N) is 2. The number of benzene rings is 1. The van der Waals surface area contributed by atoms with Crippen molar-refractivity contribution in [1.29, 1.82) is 0 Å². The van der Waals surface area contributed by atoms with Crippen LogP contribution in [0.15, 0.2) is 29.9 Å². The molecule has 6 heteroatoms. The molecular weight excluding hydrogens is 346 g/mol. The largest absolute Gasteiger partial charge is 0.464 e. The lowest BCUT2D eigenvalue weighted by Gasteiger charge is -2.10. The van der Waals surface area contributed by atoms with E-state index in [9.17, 15) is 4.79 Å². The highest BCUT2D eigenvalue weighted by Crippen LogP contribution is 2.37. The Morgan fingerprint density at radius 3 is 2.88 bits per heavy atom. The predicted molar refractivity (Wildman–Crippen MR) is 104 cm³/mol. The van der Waals surface area contributed by atoms with E-state index in [2.05, 4.69) is 52.7 Å². The molecule has 0 unspecified atom stereocenters. The van der Waals surface area contributed by atoms with Gasteiger partial charge in [-0.3, -0.25) is 4.79 Å². The van der Waals surface area contributed by atoms with Crippen molar-refractivity contribution in [2.45, 2.75) is 26.7 Å². The lowest BCUT2D eigenvalue weighted by Crippen LogP contribution is -2.15. The third-order valence-corrected chi connectivity index (χ3v) is 5.62. The zero-order valence-electron chi connectivity index (χ0n) is 14.9. The van der Waals surface area contributed by atoms with Crippen LogP contribution in [0.2, 0.25) is 0 Å². The summed E-state index contributed by atoms with van der Waals surface area (Å²) in [5, 5.41) is 6.45. The Labute approximate surface area is 156 Å². The van der Waals surface area contributed by atoms with Gasteiger partial charge in [0.25, 0.3) is 0 Å². The van der Waals surface area contributed by atoms with E-state index < -0.39 is 0 Å². The molecule has 5 nitrogen and oxygen atoms in total. The highest BCUT2D eigenvalue weighted by atomic mass is 32.1. The topological polar surface area (TPSA) is 64.1 Å². The van der Waals surface area contributed by atoms with Gasteiger partial charge in [0.1, 0.15) is 23.6 Å². The average Bonchev–Trinajstić information content (AvgIpc) is 3.40. The third kappa shape index (κ3) is 3.42. The van der Waals surface area contributed by atoms with Gasteiger partial charge in [-0.2, -0.15) is 0 Å². The number of aromatic nitrogens is 2. The molecule has 0 atom stereocenters. The van der Waals surface area contributed by atoms with Crippen LogP contribution >= 0.6 is 11.3 Å². The van der Waals surface area contributed by atoms with E-state index >= 15 is 0 Å². The van der Waals surface area contributed by atoms with Crippen molar-refractivity contribution in [3.8, 4) is 11.1 Å². The molecule has 1 saturated carbocycles. The molecule has 2 heterocycles. The van der Waals surface area contributed by atoms with E-state index in [1.54, 1.807) is 17.7 Å². The van der Waals surface area contributed by atoms with Gasteiger partial charge in [0.2, 0.25) is 0 Å². The zero-order chi connectivity index (χ0) is 18.1. The lowest BCUT2D eigenvalue weighted by atomic mass is 10.0. The van der Waals surface area contributed by atoms with Crippen LogP contribution in [0.4, 0.5) is 5.82 Å². The van der Waals surface area contributed by atoms with Crippen molar-refractivity contribution in [3.05, 3.63) is 41.0 Å². The number of thiophene rings is 1. The molecule has 2 aromatic heterocycles. The van der Waals surface area contributed by atoms with Gasteiger partial charge in [-0.25, -0.2) is 9.97 Å². The summed E-state index contributed by atoms with van der Waals surface area (Å²) in [6.07, 6.45) is 3.50. The number of carbonyl (C=O) groups is 1. The summed E-state index contributed by atoms with van der Waals surface area (Å²) in [6, 6.07) is 6.48. The Morgan fingerprint density at radius 1 is 1.27 bits per heavy atom. The zero-order valence-corrected chi connectivity index (χ0v) is 15.7. The molecule has 1 aliphatic carbocycles. The number of rotatable bonds is 6. The van der Waals surface area contributed by atoms with E-state index in [-0.39, 0.29) is 11.9 Å². The quantitative estimate of drug-likeness (QED) is 0.519. The summed E-state index contributed by atoms with van der Waals surface area (Å²) >= 11 is 1.61. The van der Waals surface area contributed by atoms with Crippen LogP contribution in [0.3, 0.4) is 0 Å². The summed E-state index contributed by atoms with van der Waals surface area (Å²) in [6.45, 7) is 5.12. The van der Waals surface area contributed by atoms with Gasteiger partial charge in [-0.15, -0.1) is 11.3 Å². The number of nitrogens with one attached hydrogen (secondary N) is 1. The third-order valence-electron chi connectivity index (χ3n) is 4.74. The number of aryl methyl sites for hydroxylation is 2. The summed E-state index contributed by atoms with van der Waals surface area (Å²) in [5.41, 5.74) is 4.84. The first-order valence-electron chi connectivity index (χ1n) is 8.84. The maximum Gasteiger partial charge on any atom is 0.308 e. The van der Waals surface area contributed by atoms with Gasteiger partial charge in [0.15, 0.2) is 0 Å². The molecule has 1 aliphatic rings. The molecule has 1 N–H and O–H groups in total. The highest BCUT2D eigenvalue weighted by molar-refractivity contribution is 7.17. The molecular formula is C20H21N3O2S. The van der Waals surface area contributed by atoms with Crippen molar-refractivity contribution < 1.29 is 9.53 Å². The normalized spacial score (nSPS) is 13.8. The minimum atomic E-state index is -0.0778. The minimum Gasteiger partial charge on any atom is -0.464 e. The first kappa shape index (κ1) is 17.0. The monoisotopic (exact) mass is 367 g/mol. The van der Waals surface area contributed by atoms with Gasteiger partial charge in [0.05, 0.1) is 17.8 Å². The molecule has 0 saturated heterocycles. The summed E-state index contributed by atoms with van der Waals surface area (Å²) in [4.78, 5) is 21.4. The number of hydrogen-bond acceptors (Lipinski definition) is 6. The molecule has 1 aromatic carbocycles. The highest BCUT2D eigenvalue weighted by Gasteiger charge is 2.31. The number of ether oxygens (including phenoxy) is 1. The fraction of sp³-hybridized carbons (Fsp3) is 0.350. The maximum atomic E-state index is 11.6. The van der Waals surface area contributed by atoms with Gasteiger partial charge >= 0.3 is 5.97 Å². The second-order valence-electron chi connectivity index (χ2n) is 6.72. The summed E-state index contributed by atoms with van der Waals surface area (Å²) < 4.78 is 5.28. The first-order valence-corrected chi connectivity index (χ1v) is 9.72. The van der Waals surface area contributed by atoms with Crippen molar-refractivity contribution in [3.63, 3.8) is 0 Å². The lowest BCUT2D eigenvalue weighted by molar-refractivity contribution is -0.144. The Balaban J connectivity index is 1.55. The van der Waals surface area contributed by atoms with Crippen LogP contribution in [-0.2, 0) is 9.53 Å². The van der Waals surface area contributed by atoms with E-state index in [1.807, 2.05) is 0 Å². The van der Waals surface area contributed by atoms with Crippen LogP contribution in [-0.4, -0.2) is 29.1 Å². The Morgan fingerprint density at radius 2 is 2.12 bits per heavy atom. The van der Waals surface area contributed by atoms with Crippen LogP contribution in [0, 0.1) is 19.8 Å². The van der Waals surface area contributed by atoms with Crippen LogP contribution in [0.25, 0.3) is 21.3 Å². The van der Waals surface area contributed by atoms with E-state index in [0.29, 0.717) is 13.2 Å². The Bertz CT molecular complexity index is 963. The molecule has 0 bridgehead atoms. The van der Waals surface area contributed by atoms with Crippen molar-refractivity contribution in [2.75, 3.05) is 18.5 Å². The molecule has 3 aromatic rings. The molecule has 0 spiro atoms.